The van der Waals surface area contributed by atoms with Crippen molar-refractivity contribution < 1.29 is 13.2 Å². The Morgan fingerprint density at radius 3 is 2.64 bits per heavy atom. The molecule has 1 saturated heterocycles. The predicted molar refractivity (Wildman–Crippen MR) is 87.0 cm³/mol. The lowest BCUT2D eigenvalue weighted by Gasteiger charge is -2.28. The molecule has 0 spiro atoms. The zero-order valence-corrected chi connectivity index (χ0v) is 13.3. The number of amides is 1. The van der Waals surface area contributed by atoms with Gasteiger partial charge in [-0.1, -0.05) is 36.4 Å². The third kappa shape index (κ3) is 4.18. The molecule has 2 rings (SSSR count). The Kier molecular flexibility index (Phi) is 5.37. The van der Waals surface area contributed by atoms with Gasteiger partial charge in [0.1, 0.15) is 0 Å². The normalized spacial score (nSPS) is 21.2. The van der Waals surface area contributed by atoms with Crippen molar-refractivity contribution in [2.24, 2.45) is 5.73 Å². The highest BCUT2D eigenvalue weighted by atomic mass is 32.2. The third-order valence-corrected chi connectivity index (χ3v) is 5.67. The molecule has 1 aliphatic rings. The van der Waals surface area contributed by atoms with E-state index in [1.165, 1.54) is 0 Å². The summed E-state index contributed by atoms with van der Waals surface area (Å²) in [5.41, 5.74) is 6.99. The fraction of sp³-hybridized carbons (Fsp3) is 0.438. The molecule has 0 aliphatic carbocycles. The molecule has 0 saturated carbocycles. The summed E-state index contributed by atoms with van der Waals surface area (Å²) in [6.07, 6.45) is 2.27. The number of hydrogen-bond acceptors (Lipinski definition) is 4. The molecule has 1 aromatic carbocycles. The maximum Gasteiger partial charge on any atom is 0.225 e. The van der Waals surface area contributed by atoms with Crippen LogP contribution in [0, 0.1) is 0 Å². The van der Waals surface area contributed by atoms with E-state index in [0.29, 0.717) is 13.0 Å². The first-order valence-electron chi connectivity index (χ1n) is 7.34. The lowest BCUT2D eigenvalue weighted by molar-refractivity contribution is -0.132. The van der Waals surface area contributed by atoms with Crippen molar-refractivity contribution in [3.05, 3.63) is 48.6 Å². The number of nitrogens with zero attached hydrogens (tertiary/aromatic N) is 1. The highest BCUT2D eigenvalue weighted by Gasteiger charge is 2.34. The molecule has 22 heavy (non-hydrogen) atoms. The van der Waals surface area contributed by atoms with E-state index in [0.717, 1.165) is 5.56 Å². The number of carbonyl (C=O) groups excluding carboxylic acids is 1. The van der Waals surface area contributed by atoms with Gasteiger partial charge in [-0.05, 0) is 12.0 Å². The minimum Gasteiger partial charge on any atom is -0.335 e. The molecular formula is C16H22N2O3S. The maximum absolute atomic E-state index is 12.5. The van der Waals surface area contributed by atoms with Gasteiger partial charge in [-0.15, -0.1) is 6.58 Å². The van der Waals surface area contributed by atoms with Gasteiger partial charge in [0.15, 0.2) is 9.84 Å². The number of carbonyl (C=O) groups is 1. The van der Waals surface area contributed by atoms with E-state index in [-0.39, 0.29) is 35.9 Å². The van der Waals surface area contributed by atoms with Crippen LogP contribution in [0.2, 0.25) is 0 Å². The zero-order valence-electron chi connectivity index (χ0n) is 12.5. The van der Waals surface area contributed by atoms with Crippen LogP contribution >= 0.6 is 0 Å². The third-order valence-electron chi connectivity index (χ3n) is 3.92. The molecule has 2 atom stereocenters. The summed E-state index contributed by atoms with van der Waals surface area (Å²) < 4.78 is 23.3. The Morgan fingerprint density at radius 1 is 1.41 bits per heavy atom. The van der Waals surface area contributed by atoms with E-state index in [9.17, 15) is 13.2 Å². The van der Waals surface area contributed by atoms with Gasteiger partial charge in [-0.2, -0.15) is 0 Å². The summed E-state index contributed by atoms with van der Waals surface area (Å²) >= 11 is 0. The predicted octanol–water partition coefficient (Wildman–Crippen LogP) is 1.28. The lowest BCUT2D eigenvalue weighted by atomic mass is 10.0. The van der Waals surface area contributed by atoms with Crippen molar-refractivity contribution >= 4 is 15.7 Å². The molecular weight excluding hydrogens is 300 g/mol. The van der Waals surface area contributed by atoms with Crippen molar-refractivity contribution in [1.82, 2.24) is 4.90 Å². The van der Waals surface area contributed by atoms with Gasteiger partial charge in [0.2, 0.25) is 5.91 Å². The first-order valence-corrected chi connectivity index (χ1v) is 9.16. The van der Waals surface area contributed by atoms with Crippen LogP contribution in [0.3, 0.4) is 0 Å². The standard InChI is InChI=1S/C16H22N2O3S/c1-2-9-18(14-8-10-22(20,21)12-14)16(19)11-15(17)13-6-4-3-5-7-13/h2-7,14-15H,1,8-12,17H2. The minimum atomic E-state index is -3.03. The van der Waals surface area contributed by atoms with Crippen LogP contribution in [0.4, 0.5) is 0 Å². The SMILES string of the molecule is C=CCN(C(=O)CC(N)c1ccccc1)C1CCS(=O)(=O)C1. The number of hydrogen-bond donors (Lipinski definition) is 1. The molecule has 1 aromatic rings. The molecule has 6 heteroatoms. The van der Waals surface area contributed by atoms with Crippen LogP contribution in [0.15, 0.2) is 43.0 Å². The highest BCUT2D eigenvalue weighted by Crippen LogP contribution is 2.21. The second-order valence-corrected chi connectivity index (χ2v) is 7.84. The van der Waals surface area contributed by atoms with Crippen molar-refractivity contribution in [3.8, 4) is 0 Å². The zero-order chi connectivity index (χ0) is 16.2. The monoisotopic (exact) mass is 322 g/mol. The molecule has 0 aromatic heterocycles. The van der Waals surface area contributed by atoms with Crippen LogP contribution in [0.1, 0.15) is 24.4 Å². The van der Waals surface area contributed by atoms with Gasteiger partial charge in [0.25, 0.3) is 0 Å². The van der Waals surface area contributed by atoms with Crippen molar-refractivity contribution in [1.29, 1.82) is 0 Å². The Morgan fingerprint density at radius 2 is 2.09 bits per heavy atom. The van der Waals surface area contributed by atoms with Gasteiger partial charge in [0, 0.05) is 25.0 Å². The first-order chi connectivity index (χ1) is 10.4. The fourth-order valence-electron chi connectivity index (χ4n) is 2.74. The van der Waals surface area contributed by atoms with Gasteiger partial charge in [-0.25, -0.2) is 8.42 Å². The van der Waals surface area contributed by atoms with Crippen LogP contribution in [-0.2, 0) is 14.6 Å². The average molecular weight is 322 g/mol. The van der Waals surface area contributed by atoms with E-state index in [2.05, 4.69) is 6.58 Å². The van der Waals surface area contributed by atoms with E-state index in [1.807, 2.05) is 30.3 Å². The maximum atomic E-state index is 12.5. The average Bonchev–Trinajstić information content (AvgIpc) is 2.85. The second kappa shape index (κ2) is 7.07. The van der Waals surface area contributed by atoms with E-state index >= 15 is 0 Å². The number of rotatable bonds is 6. The quantitative estimate of drug-likeness (QED) is 0.800. The molecule has 5 nitrogen and oxygen atoms in total. The Labute approximate surface area is 131 Å². The summed E-state index contributed by atoms with van der Waals surface area (Å²) in [4.78, 5) is 14.1. The summed E-state index contributed by atoms with van der Waals surface area (Å²) in [7, 11) is -3.03. The molecule has 1 heterocycles. The Bertz CT molecular complexity index is 628. The van der Waals surface area contributed by atoms with Crippen molar-refractivity contribution in [2.75, 3.05) is 18.1 Å². The molecule has 1 amide bonds. The van der Waals surface area contributed by atoms with E-state index in [1.54, 1.807) is 11.0 Å². The minimum absolute atomic E-state index is 0.0349. The smallest absolute Gasteiger partial charge is 0.225 e. The fourth-order valence-corrected chi connectivity index (χ4v) is 4.47. The molecule has 120 valence electrons. The lowest BCUT2D eigenvalue weighted by Crippen LogP contribution is -2.42. The number of sulfone groups is 1. The van der Waals surface area contributed by atoms with Crippen LogP contribution in [0.25, 0.3) is 0 Å². The number of nitrogens with two attached hydrogens (primary N) is 1. The summed E-state index contributed by atoms with van der Waals surface area (Å²) in [5, 5.41) is 0. The largest absolute Gasteiger partial charge is 0.335 e. The summed E-state index contributed by atoms with van der Waals surface area (Å²) in [6.45, 7) is 4.00. The van der Waals surface area contributed by atoms with E-state index in [4.69, 9.17) is 5.73 Å². The first kappa shape index (κ1) is 16.7. The Balaban J connectivity index is 2.05. The van der Waals surface area contributed by atoms with Crippen LogP contribution < -0.4 is 5.73 Å². The van der Waals surface area contributed by atoms with E-state index < -0.39 is 9.84 Å². The summed E-state index contributed by atoms with van der Waals surface area (Å²) in [5.74, 6) is 0.0505. The molecule has 1 aliphatic heterocycles. The second-order valence-electron chi connectivity index (χ2n) is 5.61. The highest BCUT2D eigenvalue weighted by molar-refractivity contribution is 7.91. The van der Waals surface area contributed by atoms with Crippen molar-refractivity contribution in [2.45, 2.75) is 24.9 Å². The van der Waals surface area contributed by atoms with Gasteiger partial charge >= 0.3 is 0 Å². The number of benzene rings is 1. The molecule has 1 fully saturated rings. The Hall–Kier alpha value is -1.66. The topological polar surface area (TPSA) is 80.5 Å². The molecule has 2 unspecified atom stereocenters. The molecule has 0 bridgehead atoms. The van der Waals surface area contributed by atoms with Gasteiger partial charge in [0.05, 0.1) is 11.5 Å². The van der Waals surface area contributed by atoms with Crippen molar-refractivity contribution in [3.63, 3.8) is 0 Å². The molecule has 0 radical (unpaired) electrons. The van der Waals surface area contributed by atoms with Crippen LogP contribution in [-0.4, -0.2) is 43.3 Å². The molecule has 2 N–H and O–H groups in total. The van der Waals surface area contributed by atoms with Crippen LogP contribution in [0.5, 0.6) is 0 Å². The summed E-state index contributed by atoms with van der Waals surface area (Å²) in [6, 6.07) is 8.77. The van der Waals surface area contributed by atoms with Gasteiger partial charge < -0.3 is 10.6 Å². The van der Waals surface area contributed by atoms with Gasteiger partial charge in [-0.3, -0.25) is 4.79 Å².